The first kappa shape index (κ1) is 17.0. The van der Waals surface area contributed by atoms with E-state index in [-0.39, 0.29) is 0 Å². The minimum absolute atomic E-state index is 0.515. The number of aromatic nitrogens is 2. The molecule has 0 saturated carbocycles. The van der Waals surface area contributed by atoms with Gasteiger partial charge in [0.1, 0.15) is 0 Å². The number of benzene rings is 1. The molecule has 27 heavy (non-hydrogen) atoms. The monoisotopic (exact) mass is 361 g/mol. The summed E-state index contributed by atoms with van der Waals surface area (Å²) >= 11 is 0. The predicted octanol–water partition coefficient (Wildman–Crippen LogP) is 4.16. The van der Waals surface area contributed by atoms with Crippen LogP contribution in [-0.2, 0) is 13.0 Å². The molecular weight excluding hydrogens is 334 g/mol. The van der Waals surface area contributed by atoms with Gasteiger partial charge in [-0.15, -0.1) is 0 Å². The van der Waals surface area contributed by atoms with E-state index in [0.717, 1.165) is 18.5 Å². The topological polar surface area (TPSA) is 41.3 Å². The Morgan fingerprint density at radius 2 is 2.00 bits per heavy atom. The van der Waals surface area contributed by atoms with Crippen molar-refractivity contribution in [2.24, 2.45) is 0 Å². The van der Waals surface area contributed by atoms with Crippen LogP contribution in [0.5, 0.6) is 0 Å². The zero-order valence-corrected chi connectivity index (χ0v) is 15.9. The Labute approximate surface area is 160 Å². The van der Waals surface area contributed by atoms with Crippen molar-refractivity contribution >= 4 is 10.9 Å². The van der Waals surface area contributed by atoms with Crippen molar-refractivity contribution in [3.8, 4) is 0 Å². The average Bonchev–Trinajstić information content (AvgIpc) is 3.02. The quantitative estimate of drug-likeness (QED) is 0.761. The Bertz CT molecular complexity index is 963. The summed E-state index contributed by atoms with van der Waals surface area (Å²) in [5.74, 6) is 0. The summed E-state index contributed by atoms with van der Waals surface area (Å²) in [7, 11) is 0. The van der Waals surface area contributed by atoms with Crippen molar-refractivity contribution in [2.45, 2.75) is 51.3 Å². The van der Waals surface area contributed by atoms with Gasteiger partial charge < -0.3 is 9.67 Å². The number of aryl methyl sites for hydroxylation is 1. The minimum Gasteiger partial charge on any atom is -0.387 e. The third-order valence-electron chi connectivity index (χ3n) is 6.40. The second-order valence-corrected chi connectivity index (χ2v) is 8.09. The number of fused-ring (bicyclic) bond motifs is 5. The SMILES string of the molecule is Cc1ccc2c(c1)c1c(n2CC(O)c2ccncc2)CCN2CCCCC12. The van der Waals surface area contributed by atoms with E-state index in [2.05, 4.69) is 39.6 Å². The summed E-state index contributed by atoms with van der Waals surface area (Å²) in [6, 6.07) is 11.2. The number of hydrogen-bond acceptors (Lipinski definition) is 3. The Hall–Kier alpha value is -2.17. The molecule has 4 heteroatoms. The lowest BCUT2D eigenvalue weighted by molar-refractivity contribution is 0.133. The Morgan fingerprint density at radius 1 is 1.15 bits per heavy atom. The zero-order chi connectivity index (χ0) is 18.4. The number of rotatable bonds is 3. The van der Waals surface area contributed by atoms with Gasteiger partial charge in [-0.1, -0.05) is 18.1 Å². The van der Waals surface area contributed by atoms with E-state index in [4.69, 9.17) is 0 Å². The van der Waals surface area contributed by atoms with E-state index in [9.17, 15) is 5.11 Å². The summed E-state index contributed by atoms with van der Waals surface area (Å²) in [4.78, 5) is 6.75. The van der Waals surface area contributed by atoms with Crippen LogP contribution in [0.2, 0.25) is 0 Å². The molecule has 0 radical (unpaired) electrons. The molecule has 0 amide bonds. The number of piperidine rings is 1. The largest absolute Gasteiger partial charge is 0.387 e. The smallest absolute Gasteiger partial charge is 0.0970 e. The van der Waals surface area contributed by atoms with Crippen LogP contribution in [0.3, 0.4) is 0 Å². The lowest BCUT2D eigenvalue weighted by atomic mass is 9.89. The van der Waals surface area contributed by atoms with Crippen molar-refractivity contribution in [2.75, 3.05) is 13.1 Å². The average molecular weight is 361 g/mol. The molecule has 1 saturated heterocycles. The highest BCUT2D eigenvalue weighted by atomic mass is 16.3. The van der Waals surface area contributed by atoms with Gasteiger partial charge in [-0.05, 0) is 61.7 Å². The molecule has 5 rings (SSSR count). The summed E-state index contributed by atoms with van der Waals surface area (Å²) in [5.41, 5.74) is 6.48. The highest BCUT2D eigenvalue weighted by molar-refractivity contribution is 5.87. The van der Waals surface area contributed by atoms with Gasteiger partial charge in [0, 0.05) is 48.0 Å². The van der Waals surface area contributed by atoms with Gasteiger partial charge in [-0.3, -0.25) is 9.88 Å². The Morgan fingerprint density at radius 3 is 2.85 bits per heavy atom. The van der Waals surface area contributed by atoms with Gasteiger partial charge >= 0.3 is 0 Å². The molecule has 140 valence electrons. The molecule has 2 aliphatic heterocycles. The van der Waals surface area contributed by atoms with E-state index in [1.165, 1.54) is 53.5 Å². The maximum absolute atomic E-state index is 10.9. The van der Waals surface area contributed by atoms with E-state index >= 15 is 0 Å². The molecule has 2 aromatic heterocycles. The van der Waals surface area contributed by atoms with Crippen molar-refractivity contribution < 1.29 is 5.11 Å². The summed E-state index contributed by atoms with van der Waals surface area (Å²) in [6.45, 7) is 5.14. The van der Waals surface area contributed by atoms with Crippen molar-refractivity contribution in [3.63, 3.8) is 0 Å². The molecule has 2 unspecified atom stereocenters. The lowest BCUT2D eigenvalue weighted by Crippen LogP contribution is -2.39. The first-order valence-corrected chi connectivity index (χ1v) is 10.2. The van der Waals surface area contributed by atoms with Crippen LogP contribution >= 0.6 is 0 Å². The van der Waals surface area contributed by atoms with Crippen LogP contribution in [0.1, 0.15) is 53.8 Å². The molecule has 4 nitrogen and oxygen atoms in total. The van der Waals surface area contributed by atoms with Gasteiger partial charge in [0.05, 0.1) is 12.6 Å². The number of pyridine rings is 1. The van der Waals surface area contributed by atoms with Crippen molar-refractivity contribution in [1.29, 1.82) is 0 Å². The van der Waals surface area contributed by atoms with E-state index in [0.29, 0.717) is 12.6 Å². The molecule has 0 aliphatic carbocycles. The first-order chi connectivity index (χ1) is 13.2. The van der Waals surface area contributed by atoms with Crippen molar-refractivity contribution in [1.82, 2.24) is 14.5 Å². The van der Waals surface area contributed by atoms with Crippen LogP contribution in [0.15, 0.2) is 42.7 Å². The molecule has 1 N–H and O–H groups in total. The molecule has 4 heterocycles. The van der Waals surface area contributed by atoms with Crippen LogP contribution in [-0.4, -0.2) is 32.6 Å². The molecule has 1 fully saturated rings. The number of aliphatic hydroxyl groups is 1. The van der Waals surface area contributed by atoms with Crippen LogP contribution in [0, 0.1) is 6.92 Å². The molecule has 1 aromatic carbocycles. The fourth-order valence-electron chi connectivity index (χ4n) is 5.10. The fraction of sp³-hybridized carbons (Fsp3) is 0.435. The summed E-state index contributed by atoms with van der Waals surface area (Å²) < 4.78 is 2.39. The maximum atomic E-state index is 10.9. The molecule has 2 aliphatic rings. The molecular formula is C23H27N3O. The van der Waals surface area contributed by atoms with Crippen LogP contribution in [0.4, 0.5) is 0 Å². The molecule has 0 bridgehead atoms. The zero-order valence-electron chi connectivity index (χ0n) is 15.9. The van der Waals surface area contributed by atoms with E-state index < -0.39 is 6.10 Å². The number of hydrogen-bond donors (Lipinski definition) is 1. The fourth-order valence-corrected chi connectivity index (χ4v) is 5.10. The lowest BCUT2D eigenvalue weighted by Gasteiger charge is -2.40. The third kappa shape index (κ3) is 2.88. The Kier molecular flexibility index (Phi) is 4.25. The maximum Gasteiger partial charge on any atom is 0.0970 e. The second kappa shape index (κ2) is 6.77. The van der Waals surface area contributed by atoms with Gasteiger partial charge in [-0.2, -0.15) is 0 Å². The number of aliphatic hydroxyl groups excluding tert-OH is 1. The van der Waals surface area contributed by atoms with Crippen molar-refractivity contribution in [3.05, 3.63) is 65.1 Å². The normalized spacial score (nSPS) is 21.0. The second-order valence-electron chi connectivity index (χ2n) is 8.09. The highest BCUT2D eigenvalue weighted by Gasteiger charge is 2.34. The highest BCUT2D eigenvalue weighted by Crippen LogP contribution is 2.42. The van der Waals surface area contributed by atoms with E-state index in [1.807, 2.05) is 12.1 Å². The molecule has 3 aromatic rings. The van der Waals surface area contributed by atoms with Gasteiger partial charge in [0.25, 0.3) is 0 Å². The molecule has 0 spiro atoms. The summed E-state index contributed by atoms with van der Waals surface area (Å²) in [6.07, 6.45) is 7.97. The van der Waals surface area contributed by atoms with Gasteiger partial charge in [0.15, 0.2) is 0 Å². The Balaban J connectivity index is 1.63. The standard InChI is InChI=1S/C23H27N3O/c1-16-5-6-19-18(14-16)23-20-4-2-3-12-25(20)13-9-21(23)26(19)15-22(27)17-7-10-24-11-8-17/h5-8,10-11,14,20,22,27H,2-4,9,12-13,15H2,1H3. The van der Waals surface area contributed by atoms with Crippen LogP contribution < -0.4 is 0 Å². The predicted molar refractivity (Wildman–Crippen MR) is 108 cm³/mol. The molecule has 2 atom stereocenters. The first-order valence-electron chi connectivity index (χ1n) is 10.2. The van der Waals surface area contributed by atoms with Gasteiger partial charge in [-0.25, -0.2) is 0 Å². The third-order valence-corrected chi connectivity index (χ3v) is 6.40. The summed E-state index contributed by atoms with van der Waals surface area (Å²) in [5, 5.41) is 12.3. The van der Waals surface area contributed by atoms with E-state index in [1.54, 1.807) is 12.4 Å². The van der Waals surface area contributed by atoms with Gasteiger partial charge in [0.2, 0.25) is 0 Å². The minimum atomic E-state index is -0.515. The van der Waals surface area contributed by atoms with Crippen LogP contribution in [0.25, 0.3) is 10.9 Å². The number of nitrogens with zero attached hydrogens (tertiary/aromatic N) is 3.